The van der Waals surface area contributed by atoms with Gasteiger partial charge in [-0.05, 0) is 32.9 Å². The van der Waals surface area contributed by atoms with Crippen LogP contribution >= 0.6 is 21.6 Å². The molecule has 2 amide bonds. The van der Waals surface area contributed by atoms with E-state index in [1.165, 1.54) is 39.8 Å². The fourth-order valence-electron chi connectivity index (χ4n) is 1.77. The second-order valence-corrected chi connectivity index (χ2v) is 9.04. The van der Waals surface area contributed by atoms with Crippen molar-refractivity contribution >= 4 is 45.2 Å². The first kappa shape index (κ1) is 23.1. The smallest absolute Gasteiger partial charge is 0.412 e. The lowest BCUT2D eigenvalue weighted by molar-refractivity contribution is -0.136. The lowest BCUT2D eigenvalue weighted by atomic mass is 10.1. The van der Waals surface area contributed by atoms with Gasteiger partial charge >= 0.3 is 12.1 Å². The number of hydrogen-bond donors (Lipinski definition) is 3. The summed E-state index contributed by atoms with van der Waals surface area (Å²) in [5, 5.41) is 13.4. The number of aliphatic carboxylic acids is 1. The number of carboxylic acids is 1. The number of hydrogen-bond acceptors (Lipinski definition) is 6. The first-order chi connectivity index (χ1) is 12.6. The van der Waals surface area contributed by atoms with Gasteiger partial charge in [0.15, 0.2) is 5.82 Å². The minimum atomic E-state index is -0.855. The van der Waals surface area contributed by atoms with E-state index in [0.29, 0.717) is 18.1 Å². The van der Waals surface area contributed by atoms with Crippen molar-refractivity contribution in [3.8, 4) is 0 Å². The van der Waals surface area contributed by atoms with E-state index in [1.54, 1.807) is 20.8 Å². The Labute approximate surface area is 165 Å². The van der Waals surface area contributed by atoms with Crippen LogP contribution in [0.3, 0.4) is 0 Å². The molecular formula is C17H23FN2O5S2. The molecule has 0 atom stereocenters. The third-order valence-electron chi connectivity index (χ3n) is 2.83. The number of carbonyl (C=O) groups excluding carboxylic acids is 2. The van der Waals surface area contributed by atoms with Gasteiger partial charge in [0.2, 0.25) is 0 Å². The van der Waals surface area contributed by atoms with Crippen LogP contribution in [0.4, 0.5) is 14.9 Å². The zero-order valence-electron chi connectivity index (χ0n) is 15.3. The molecule has 7 nitrogen and oxygen atoms in total. The van der Waals surface area contributed by atoms with Crippen LogP contribution in [0, 0.1) is 5.82 Å². The lowest BCUT2D eigenvalue weighted by Crippen LogP contribution is -2.29. The topological polar surface area (TPSA) is 105 Å². The SMILES string of the molecule is CC(C)(C)OC(=O)Nc1cccc(C(=O)NCCSSCCC(=O)O)c1F. The maximum atomic E-state index is 14.5. The van der Waals surface area contributed by atoms with Crippen molar-refractivity contribution in [2.45, 2.75) is 32.8 Å². The first-order valence-electron chi connectivity index (χ1n) is 8.13. The number of ether oxygens (including phenoxy) is 1. The molecule has 27 heavy (non-hydrogen) atoms. The normalized spacial score (nSPS) is 11.0. The maximum absolute atomic E-state index is 14.5. The van der Waals surface area contributed by atoms with E-state index in [2.05, 4.69) is 10.6 Å². The number of carboxylic acid groups (broad SMARTS) is 1. The number of halogens is 1. The van der Waals surface area contributed by atoms with E-state index in [9.17, 15) is 18.8 Å². The van der Waals surface area contributed by atoms with Gasteiger partial charge in [0.1, 0.15) is 5.60 Å². The van der Waals surface area contributed by atoms with Crippen LogP contribution in [0.15, 0.2) is 18.2 Å². The molecule has 0 saturated carbocycles. The summed E-state index contributed by atoms with van der Waals surface area (Å²) in [5.41, 5.74) is -1.06. The highest BCUT2D eigenvalue weighted by molar-refractivity contribution is 8.76. The highest BCUT2D eigenvalue weighted by Crippen LogP contribution is 2.22. The van der Waals surface area contributed by atoms with Crippen LogP contribution in [-0.4, -0.2) is 46.7 Å². The Hall–Kier alpha value is -1.94. The van der Waals surface area contributed by atoms with Crippen molar-refractivity contribution in [3.63, 3.8) is 0 Å². The van der Waals surface area contributed by atoms with Crippen molar-refractivity contribution in [1.29, 1.82) is 0 Å². The Bertz CT molecular complexity index is 680. The molecule has 1 aromatic rings. The van der Waals surface area contributed by atoms with Crippen molar-refractivity contribution in [2.75, 3.05) is 23.4 Å². The third kappa shape index (κ3) is 9.53. The number of amides is 2. The van der Waals surface area contributed by atoms with E-state index in [-0.39, 0.29) is 17.7 Å². The molecular weight excluding hydrogens is 395 g/mol. The van der Waals surface area contributed by atoms with E-state index >= 15 is 0 Å². The average Bonchev–Trinajstić information content (AvgIpc) is 2.53. The minimum absolute atomic E-state index is 0.0761. The molecule has 0 radical (unpaired) electrons. The summed E-state index contributed by atoms with van der Waals surface area (Å²) in [6.45, 7) is 5.35. The second kappa shape index (κ2) is 11.0. The summed E-state index contributed by atoms with van der Waals surface area (Å²) >= 11 is 0. The number of rotatable bonds is 9. The monoisotopic (exact) mass is 418 g/mol. The van der Waals surface area contributed by atoms with Gasteiger partial charge in [0.25, 0.3) is 5.91 Å². The summed E-state index contributed by atoms with van der Waals surface area (Å²) in [7, 11) is 2.82. The molecule has 1 aromatic carbocycles. The van der Waals surface area contributed by atoms with Crippen molar-refractivity contribution < 1.29 is 28.6 Å². The number of anilines is 1. The molecule has 0 heterocycles. The third-order valence-corrected chi connectivity index (χ3v) is 5.24. The molecule has 0 unspecified atom stereocenters. The molecule has 0 aromatic heterocycles. The van der Waals surface area contributed by atoms with Gasteiger partial charge in [-0.1, -0.05) is 27.7 Å². The van der Waals surface area contributed by atoms with Crippen LogP contribution in [0.25, 0.3) is 0 Å². The molecule has 150 valence electrons. The van der Waals surface area contributed by atoms with Gasteiger partial charge in [-0.15, -0.1) is 0 Å². The lowest BCUT2D eigenvalue weighted by Gasteiger charge is -2.20. The highest BCUT2D eigenvalue weighted by atomic mass is 33.1. The molecule has 10 heteroatoms. The van der Waals surface area contributed by atoms with E-state index < -0.39 is 29.4 Å². The first-order valence-corrected chi connectivity index (χ1v) is 10.6. The molecule has 0 aliphatic heterocycles. The van der Waals surface area contributed by atoms with Gasteiger partial charge in [0, 0.05) is 18.1 Å². The van der Waals surface area contributed by atoms with Gasteiger partial charge in [0.05, 0.1) is 17.7 Å². The molecule has 0 fully saturated rings. The van der Waals surface area contributed by atoms with Gasteiger partial charge in [-0.25, -0.2) is 9.18 Å². The van der Waals surface area contributed by atoms with Crippen molar-refractivity contribution in [1.82, 2.24) is 5.32 Å². The molecule has 1 rings (SSSR count). The summed E-state index contributed by atoms with van der Waals surface area (Å²) in [5.74, 6) is -1.28. The summed E-state index contributed by atoms with van der Waals surface area (Å²) in [6.07, 6.45) is -0.735. The fourth-order valence-corrected chi connectivity index (χ4v) is 3.65. The standard InChI is InChI=1S/C17H23FN2O5S2/c1-17(2,3)25-16(24)20-12-6-4-5-11(14(12)18)15(23)19-8-10-27-26-9-7-13(21)22/h4-6H,7-10H2,1-3H3,(H,19,23)(H,20,24)(H,21,22). The zero-order valence-corrected chi connectivity index (χ0v) is 17.0. The Morgan fingerprint density at radius 3 is 2.48 bits per heavy atom. The Morgan fingerprint density at radius 1 is 1.19 bits per heavy atom. The Kier molecular flexibility index (Phi) is 9.44. The molecule has 0 spiro atoms. The van der Waals surface area contributed by atoms with Crippen LogP contribution in [0.1, 0.15) is 37.6 Å². The number of benzene rings is 1. The molecule has 0 aliphatic carbocycles. The largest absolute Gasteiger partial charge is 0.481 e. The maximum Gasteiger partial charge on any atom is 0.412 e. The fraction of sp³-hybridized carbons (Fsp3) is 0.471. The minimum Gasteiger partial charge on any atom is -0.481 e. The van der Waals surface area contributed by atoms with Crippen LogP contribution in [-0.2, 0) is 9.53 Å². The van der Waals surface area contributed by atoms with Gasteiger partial charge < -0.3 is 15.2 Å². The highest BCUT2D eigenvalue weighted by Gasteiger charge is 2.20. The quantitative estimate of drug-likeness (QED) is 0.414. The predicted octanol–water partition coefficient (Wildman–Crippen LogP) is 3.76. The molecule has 3 N–H and O–H groups in total. The average molecular weight is 419 g/mol. The summed E-state index contributed by atoms with van der Waals surface area (Å²) < 4.78 is 19.5. The van der Waals surface area contributed by atoms with Gasteiger partial charge in [-0.3, -0.25) is 14.9 Å². The predicted molar refractivity (Wildman–Crippen MR) is 106 cm³/mol. The summed E-state index contributed by atoms with van der Waals surface area (Å²) in [4.78, 5) is 34.3. The van der Waals surface area contributed by atoms with Crippen molar-refractivity contribution in [2.24, 2.45) is 0 Å². The molecule has 0 aliphatic rings. The van der Waals surface area contributed by atoms with Crippen molar-refractivity contribution in [3.05, 3.63) is 29.6 Å². The number of carbonyl (C=O) groups is 3. The Morgan fingerprint density at radius 2 is 1.85 bits per heavy atom. The van der Waals surface area contributed by atoms with E-state index in [0.717, 1.165) is 0 Å². The van der Waals surface area contributed by atoms with Crippen LogP contribution in [0.5, 0.6) is 0 Å². The van der Waals surface area contributed by atoms with E-state index in [1.807, 2.05) is 0 Å². The van der Waals surface area contributed by atoms with Gasteiger partial charge in [-0.2, -0.15) is 0 Å². The van der Waals surface area contributed by atoms with E-state index in [4.69, 9.17) is 9.84 Å². The number of nitrogens with one attached hydrogen (secondary N) is 2. The second-order valence-electron chi connectivity index (χ2n) is 6.34. The molecule has 0 bridgehead atoms. The zero-order chi connectivity index (χ0) is 20.4. The van der Waals surface area contributed by atoms with Crippen LogP contribution < -0.4 is 10.6 Å². The molecule has 0 saturated heterocycles. The van der Waals surface area contributed by atoms with Crippen LogP contribution in [0.2, 0.25) is 0 Å². The Balaban J connectivity index is 2.51. The summed E-state index contributed by atoms with van der Waals surface area (Å²) in [6, 6.07) is 4.12.